The molecule has 0 radical (unpaired) electrons. The van der Waals surface area contributed by atoms with Gasteiger partial charge in [0.05, 0.1) is 11.1 Å². The molecule has 0 amide bonds. The average molecular weight is 459 g/mol. The number of nitrogen functional groups attached to an aromatic ring is 1. The molecule has 4 aromatic rings. The highest BCUT2D eigenvalue weighted by molar-refractivity contribution is 7.13. The summed E-state index contributed by atoms with van der Waals surface area (Å²) in [4.78, 5) is 14.0. The third-order valence-corrected chi connectivity index (χ3v) is 8.46. The standard InChI is InChI=1S/C26H30N6S/c27-24-23-22(26-31-20(15-33-26)12-17-4-2-1-3-5-17)14-32(25(23)30-16-29-24)21-7-6-19(13-21)18-8-10-28-11-9-18/h1-5,14-16,18-19,21,28H,6-13H2,(H2,27,29,30). The Morgan fingerprint density at radius 2 is 1.88 bits per heavy atom. The number of nitrogens with two attached hydrogens (primary N) is 1. The van der Waals surface area contributed by atoms with Gasteiger partial charge >= 0.3 is 0 Å². The van der Waals surface area contributed by atoms with Crippen molar-refractivity contribution in [3.05, 3.63) is 59.5 Å². The van der Waals surface area contributed by atoms with E-state index in [0.29, 0.717) is 11.9 Å². The third-order valence-electron chi connectivity index (χ3n) is 7.54. The van der Waals surface area contributed by atoms with Crippen LogP contribution in [0.15, 0.2) is 48.2 Å². The molecular weight excluding hydrogens is 428 g/mol. The molecule has 2 fully saturated rings. The molecule has 170 valence electrons. The minimum atomic E-state index is 0.471. The molecule has 1 aliphatic carbocycles. The van der Waals surface area contributed by atoms with E-state index >= 15 is 0 Å². The smallest absolute Gasteiger partial charge is 0.146 e. The van der Waals surface area contributed by atoms with Crippen LogP contribution in [0.2, 0.25) is 0 Å². The summed E-state index contributed by atoms with van der Waals surface area (Å²) in [5.41, 5.74) is 10.8. The number of fused-ring (bicyclic) bond motifs is 1. The van der Waals surface area contributed by atoms with E-state index < -0.39 is 0 Å². The Labute approximate surface area is 198 Å². The number of rotatable bonds is 5. The number of hydrogen-bond acceptors (Lipinski definition) is 6. The van der Waals surface area contributed by atoms with Gasteiger partial charge in [-0.1, -0.05) is 30.3 Å². The third kappa shape index (κ3) is 4.04. The molecule has 1 saturated carbocycles. The molecule has 4 heterocycles. The highest BCUT2D eigenvalue weighted by Crippen LogP contribution is 2.44. The fraction of sp³-hybridized carbons (Fsp3) is 0.423. The maximum Gasteiger partial charge on any atom is 0.146 e. The lowest BCUT2D eigenvalue weighted by Gasteiger charge is -2.28. The molecule has 6 rings (SSSR count). The van der Waals surface area contributed by atoms with Crippen LogP contribution in [0.3, 0.4) is 0 Å². The van der Waals surface area contributed by atoms with Crippen molar-refractivity contribution in [2.24, 2.45) is 11.8 Å². The summed E-state index contributed by atoms with van der Waals surface area (Å²) in [6.07, 6.45) is 11.1. The Morgan fingerprint density at radius 3 is 2.73 bits per heavy atom. The minimum Gasteiger partial charge on any atom is -0.383 e. The van der Waals surface area contributed by atoms with Gasteiger partial charge in [0.25, 0.3) is 0 Å². The number of benzene rings is 1. The van der Waals surface area contributed by atoms with Gasteiger partial charge in [0.15, 0.2) is 0 Å². The van der Waals surface area contributed by atoms with Gasteiger partial charge in [-0.25, -0.2) is 15.0 Å². The van der Waals surface area contributed by atoms with Crippen LogP contribution in [0.4, 0.5) is 5.82 Å². The molecule has 2 aliphatic rings. The molecule has 2 atom stereocenters. The molecule has 2 unspecified atom stereocenters. The fourth-order valence-electron chi connectivity index (χ4n) is 5.85. The fourth-order valence-corrected chi connectivity index (χ4v) is 6.69. The van der Waals surface area contributed by atoms with Gasteiger partial charge in [-0.3, -0.25) is 0 Å². The first-order chi connectivity index (χ1) is 16.3. The Balaban J connectivity index is 1.31. The summed E-state index contributed by atoms with van der Waals surface area (Å²) in [7, 11) is 0. The maximum absolute atomic E-state index is 6.39. The Kier molecular flexibility index (Phi) is 5.60. The van der Waals surface area contributed by atoms with Crippen molar-refractivity contribution in [2.45, 2.75) is 44.6 Å². The quantitative estimate of drug-likeness (QED) is 0.436. The summed E-state index contributed by atoms with van der Waals surface area (Å²) in [5.74, 6) is 2.22. The van der Waals surface area contributed by atoms with Crippen LogP contribution in [-0.4, -0.2) is 32.6 Å². The van der Waals surface area contributed by atoms with Crippen molar-refractivity contribution in [3.8, 4) is 10.6 Å². The van der Waals surface area contributed by atoms with Crippen LogP contribution in [0.25, 0.3) is 21.6 Å². The Hall–Kier alpha value is -2.77. The summed E-state index contributed by atoms with van der Waals surface area (Å²) >= 11 is 1.68. The summed E-state index contributed by atoms with van der Waals surface area (Å²) in [6, 6.07) is 11.0. The monoisotopic (exact) mass is 458 g/mol. The molecule has 7 heteroatoms. The molecule has 1 aromatic carbocycles. The summed E-state index contributed by atoms with van der Waals surface area (Å²) < 4.78 is 2.38. The predicted molar refractivity (Wildman–Crippen MR) is 134 cm³/mol. The van der Waals surface area contributed by atoms with E-state index in [9.17, 15) is 0 Å². The number of thiazole rings is 1. The lowest BCUT2D eigenvalue weighted by atomic mass is 9.84. The molecular formula is C26H30N6S. The minimum absolute atomic E-state index is 0.471. The van der Waals surface area contributed by atoms with Crippen molar-refractivity contribution < 1.29 is 0 Å². The van der Waals surface area contributed by atoms with Gasteiger partial charge in [-0.15, -0.1) is 11.3 Å². The van der Waals surface area contributed by atoms with Gasteiger partial charge in [0.1, 0.15) is 22.8 Å². The molecule has 1 saturated heterocycles. The normalized spacial score (nSPS) is 21.7. The average Bonchev–Trinajstić information content (AvgIpc) is 3.59. The number of nitrogens with one attached hydrogen (secondary N) is 1. The number of anilines is 1. The van der Waals surface area contributed by atoms with E-state index in [0.717, 1.165) is 45.6 Å². The zero-order chi connectivity index (χ0) is 22.2. The second-order valence-electron chi connectivity index (χ2n) is 9.53. The van der Waals surface area contributed by atoms with Gasteiger partial charge < -0.3 is 15.6 Å². The summed E-state index contributed by atoms with van der Waals surface area (Å²) in [6.45, 7) is 2.34. The van der Waals surface area contributed by atoms with Crippen molar-refractivity contribution in [2.75, 3.05) is 18.8 Å². The molecule has 3 N–H and O–H groups in total. The van der Waals surface area contributed by atoms with Crippen LogP contribution < -0.4 is 11.1 Å². The van der Waals surface area contributed by atoms with E-state index in [1.165, 1.54) is 50.8 Å². The highest BCUT2D eigenvalue weighted by Gasteiger charge is 2.33. The number of hydrogen-bond donors (Lipinski definition) is 2. The first kappa shape index (κ1) is 20.8. The first-order valence-corrected chi connectivity index (χ1v) is 12.9. The highest BCUT2D eigenvalue weighted by atomic mass is 32.1. The molecule has 1 aliphatic heterocycles. The zero-order valence-corrected chi connectivity index (χ0v) is 19.6. The first-order valence-electron chi connectivity index (χ1n) is 12.1. The maximum atomic E-state index is 6.39. The van der Waals surface area contributed by atoms with Crippen molar-refractivity contribution >= 4 is 28.2 Å². The van der Waals surface area contributed by atoms with Gasteiger partial charge in [0, 0.05) is 29.6 Å². The SMILES string of the molecule is Nc1ncnc2c1c(-c1nc(Cc3ccccc3)cs1)cn2C1CCC(C2CCNCC2)C1. The molecule has 0 spiro atoms. The van der Waals surface area contributed by atoms with Crippen LogP contribution >= 0.6 is 11.3 Å². The van der Waals surface area contributed by atoms with Crippen LogP contribution in [-0.2, 0) is 6.42 Å². The second kappa shape index (κ2) is 8.88. The Morgan fingerprint density at radius 1 is 1.03 bits per heavy atom. The van der Waals surface area contributed by atoms with Crippen LogP contribution in [0.1, 0.15) is 49.4 Å². The second-order valence-corrected chi connectivity index (χ2v) is 10.4. The van der Waals surface area contributed by atoms with E-state index in [1.54, 1.807) is 17.7 Å². The zero-order valence-electron chi connectivity index (χ0n) is 18.8. The predicted octanol–water partition coefficient (Wildman–Crippen LogP) is 5.07. The van der Waals surface area contributed by atoms with Gasteiger partial charge in [-0.2, -0.15) is 0 Å². The topological polar surface area (TPSA) is 81.7 Å². The lowest BCUT2D eigenvalue weighted by molar-refractivity contribution is 0.257. The molecule has 6 nitrogen and oxygen atoms in total. The van der Waals surface area contributed by atoms with Gasteiger partial charge in [0.2, 0.25) is 0 Å². The van der Waals surface area contributed by atoms with Crippen LogP contribution in [0.5, 0.6) is 0 Å². The molecule has 3 aromatic heterocycles. The van der Waals surface area contributed by atoms with Crippen LogP contribution in [0, 0.1) is 11.8 Å². The number of aromatic nitrogens is 4. The molecule has 0 bridgehead atoms. The van der Waals surface area contributed by atoms with Crippen molar-refractivity contribution in [3.63, 3.8) is 0 Å². The van der Waals surface area contributed by atoms with Crippen molar-refractivity contribution in [1.29, 1.82) is 0 Å². The summed E-state index contributed by atoms with van der Waals surface area (Å²) in [5, 5.41) is 7.62. The van der Waals surface area contributed by atoms with Gasteiger partial charge in [-0.05, 0) is 62.6 Å². The Bertz CT molecular complexity index is 1240. The number of nitrogens with zero attached hydrogens (tertiary/aromatic N) is 4. The largest absolute Gasteiger partial charge is 0.383 e. The molecule has 33 heavy (non-hydrogen) atoms. The van der Waals surface area contributed by atoms with E-state index in [-0.39, 0.29) is 0 Å². The number of piperidine rings is 1. The van der Waals surface area contributed by atoms with Crippen molar-refractivity contribution in [1.82, 2.24) is 24.8 Å². The van der Waals surface area contributed by atoms with E-state index in [4.69, 9.17) is 10.7 Å². The van der Waals surface area contributed by atoms with E-state index in [1.807, 2.05) is 6.07 Å². The lowest BCUT2D eigenvalue weighted by Crippen LogP contribution is -2.31. The van der Waals surface area contributed by atoms with E-state index in [2.05, 4.69) is 55.7 Å².